The molecule has 22 heavy (non-hydrogen) atoms. The maximum absolute atomic E-state index is 6.11. The Kier molecular flexibility index (Phi) is 4.50. The minimum absolute atomic E-state index is 0.435. The van der Waals surface area contributed by atoms with Crippen molar-refractivity contribution >= 4 is 23.4 Å². The van der Waals surface area contributed by atoms with Gasteiger partial charge in [-0.15, -0.1) is 5.10 Å². The number of aromatic nitrogens is 3. The zero-order valence-corrected chi connectivity index (χ0v) is 12.4. The summed E-state index contributed by atoms with van der Waals surface area (Å²) in [4.78, 5) is 4.34. The minimum atomic E-state index is 0.435. The average Bonchev–Trinajstić information content (AvgIpc) is 3.06. The van der Waals surface area contributed by atoms with Gasteiger partial charge in [0.25, 0.3) is 0 Å². The average molecular weight is 316 g/mol. The van der Waals surface area contributed by atoms with Crippen LogP contribution >= 0.6 is 11.6 Å². The number of halogens is 1. The van der Waals surface area contributed by atoms with Crippen LogP contribution in [0.25, 0.3) is 0 Å². The molecular formula is C15H14ClN5O. The summed E-state index contributed by atoms with van der Waals surface area (Å²) in [5.41, 5.74) is 0.974. The van der Waals surface area contributed by atoms with Crippen molar-refractivity contribution in [3.05, 3.63) is 65.2 Å². The molecule has 0 atom stereocenters. The van der Waals surface area contributed by atoms with Crippen molar-refractivity contribution in [2.45, 2.75) is 13.1 Å². The molecule has 0 radical (unpaired) electrons. The third-order valence-corrected chi connectivity index (χ3v) is 3.35. The minimum Gasteiger partial charge on any atom is -0.467 e. The van der Waals surface area contributed by atoms with Crippen LogP contribution in [0.5, 0.6) is 0 Å². The number of nitrogens with zero attached hydrogens (tertiary/aromatic N) is 3. The van der Waals surface area contributed by atoms with Gasteiger partial charge in [-0.05, 0) is 23.8 Å². The van der Waals surface area contributed by atoms with Crippen LogP contribution in [-0.2, 0) is 13.1 Å². The van der Waals surface area contributed by atoms with E-state index >= 15 is 0 Å². The third kappa shape index (κ3) is 3.73. The number of nitrogens with one attached hydrogen (secondary N) is 2. The van der Waals surface area contributed by atoms with Crippen molar-refractivity contribution in [1.82, 2.24) is 15.2 Å². The summed E-state index contributed by atoms with van der Waals surface area (Å²) in [5.74, 6) is 1.88. The molecule has 1 aromatic carbocycles. The number of hydrogen-bond donors (Lipinski definition) is 2. The Labute approximate surface area is 132 Å². The predicted molar refractivity (Wildman–Crippen MR) is 84.6 cm³/mol. The molecule has 2 N–H and O–H groups in total. The van der Waals surface area contributed by atoms with Gasteiger partial charge in [-0.3, -0.25) is 0 Å². The van der Waals surface area contributed by atoms with Gasteiger partial charge >= 0.3 is 0 Å². The molecule has 3 aromatic rings. The van der Waals surface area contributed by atoms with E-state index < -0.39 is 0 Å². The molecule has 0 saturated heterocycles. The van der Waals surface area contributed by atoms with Crippen LogP contribution in [0.2, 0.25) is 5.02 Å². The van der Waals surface area contributed by atoms with Gasteiger partial charge in [0.2, 0.25) is 5.95 Å². The van der Waals surface area contributed by atoms with Crippen LogP contribution in [0.3, 0.4) is 0 Å². The molecule has 6 nitrogen and oxygen atoms in total. The Bertz CT molecular complexity index is 732. The first-order valence-corrected chi connectivity index (χ1v) is 7.12. The monoisotopic (exact) mass is 315 g/mol. The fraction of sp³-hybridized carbons (Fsp3) is 0.133. The lowest BCUT2D eigenvalue weighted by atomic mass is 10.2. The summed E-state index contributed by atoms with van der Waals surface area (Å²) in [5, 5.41) is 14.8. The van der Waals surface area contributed by atoms with Crippen LogP contribution < -0.4 is 10.6 Å². The van der Waals surface area contributed by atoms with E-state index in [0.717, 1.165) is 11.3 Å². The maximum Gasteiger partial charge on any atom is 0.244 e. The van der Waals surface area contributed by atoms with Crippen molar-refractivity contribution < 1.29 is 4.42 Å². The van der Waals surface area contributed by atoms with Gasteiger partial charge in [0, 0.05) is 11.6 Å². The number of hydrogen-bond acceptors (Lipinski definition) is 6. The second kappa shape index (κ2) is 6.91. The van der Waals surface area contributed by atoms with Gasteiger partial charge in [-0.25, -0.2) is 0 Å². The SMILES string of the molecule is Clc1ccccc1CNc1nncc(NCc2ccco2)n1. The summed E-state index contributed by atoms with van der Waals surface area (Å²) < 4.78 is 5.25. The van der Waals surface area contributed by atoms with E-state index in [-0.39, 0.29) is 0 Å². The van der Waals surface area contributed by atoms with E-state index in [0.29, 0.717) is 29.9 Å². The van der Waals surface area contributed by atoms with Crippen molar-refractivity contribution in [1.29, 1.82) is 0 Å². The predicted octanol–water partition coefficient (Wildman–Crippen LogP) is 3.34. The highest BCUT2D eigenvalue weighted by Crippen LogP contribution is 2.16. The Balaban J connectivity index is 1.60. The van der Waals surface area contributed by atoms with Gasteiger partial charge in [0.05, 0.1) is 19.0 Å². The van der Waals surface area contributed by atoms with Gasteiger partial charge in [-0.2, -0.15) is 10.1 Å². The fourth-order valence-corrected chi connectivity index (χ4v) is 2.07. The molecule has 0 amide bonds. The van der Waals surface area contributed by atoms with Crippen LogP contribution in [0.4, 0.5) is 11.8 Å². The molecule has 0 aliphatic heterocycles. The van der Waals surface area contributed by atoms with Crippen molar-refractivity contribution in [3.8, 4) is 0 Å². The summed E-state index contributed by atoms with van der Waals surface area (Å²) in [6.07, 6.45) is 3.19. The first-order chi connectivity index (χ1) is 10.8. The Hall–Kier alpha value is -2.60. The van der Waals surface area contributed by atoms with Gasteiger partial charge < -0.3 is 15.1 Å². The topological polar surface area (TPSA) is 75.9 Å². The summed E-state index contributed by atoms with van der Waals surface area (Å²) >= 11 is 6.11. The number of anilines is 2. The Morgan fingerprint density at radius 1 is 1.05 bits per heavy atom. The van der Waals surface area contributed by atoms with Crippen LogP contribution in [-0.4, -0.2) is 15.2 Å². The quantitative estimate of drug-likeness (QED) is 0.726. The van der Waals surface area contributed by atoms with Gasteiger partial charge in [0.1, 0.15) is 5.76 Å². The highest BCUT2D eigenvalue weighted by atomic mass is 35.5. The molecule has 0 fully saturated rings. The van der Waals surface area contributed by atoms with Crippen LogP contribution in [0, 0.1) is 0 Å². The molecule has 0 unspecified atom stereocenters. The normalized spacial score (nSPS) is 10.4. The molecule has 0 saturated carbocycles. The molecule has 7 heteroatoms. The molecule has 2 heterocycles. The number of rotatable bonds is 6. The zero-order chi connectivity index (χ0) is 15.2. The van der Waals surface area contributed by atoms with E-state index in [9.17, 15) is 0 Å². The third-order valence-electron chi connectivity index (χ3n) is 2.98. The summed E-state index contributed by atoms with van der Waals surface area (Å²) in [6, 6.07) is 11.3. The molecule has 112 valence electrons. The maximum atomic E-state index is 6.11. The van der Waals surface area contributed by atoms with Crippen molar-refractivity contribution in [2.24, 2.45) is 0 Å². The zero-order valence-electron chi connectivity index (χ0n) is 11.7. The van der Waals surface area contributed by atoms with Gasteiger partial charge in [0.15, 0.2) is 5.82 Å². The molecule has 3 rings (SSSR count). The molecule has 0 aliphatic rings. The largest absolute Gasteiger partial charge is 0.467 e. The lowest BCUT2D eigenvalue weighted by molar-refractivity contribution is 0.517. The lowest BCUT2D eigenvalue weighted by Gasteiger charge is -2.07. The Morgan fingerprint density at radius 2 is 1.95 bits per heavy atom. The Morgan fingerprint density at radius 3 is 2.77 bits per heavy atom. The molecule has 2 aromatic heterocycles. The highest BCUT2D eigenvalue weighted by molar-refractivity contribution is 6.31. The molecule has 0 bridgehead atoms. The fourth-order valence-electron chi connectivity index (χ4n) is 1.87. The highest BCUT2D eigenvalue weighted by Gasteiger charge is 2.03. The number of furan rings is 1. The lowest BCUT2D eigenvalue weighted by Crippen LogP contribution is -2.08. The molecule has 0 spiro atoms. The van der Waals surface area contributed by atoms with Crippen molar-refractivity contribution in [3.63, 3.8) is 0 Å². The second-order valence-corrected chi connectivity index (χ2v) is 4.95. The van der Waals surface area contributed by atoms with E-state index in [4.69, 9.17) is 16.0 Å². The van der Waals surface area contributed by atoms with E-state index in [1.54, 1.807) is 12.5 Å². The first kappa shape index (κ1) is 14.3. The molecular weight excluding hydrogens is 302 g/mol. The van der Waals surface area contributed by atoms with Gasteiger partial charge in [-0.1, -0.05) is 29.8 Å². The number of benzene rings is 1. The van der Waals surface area contributed by atoms with E-state index in [1.165, 1.54) is 0 Å². The van der Waals surface area contributed by atoms with Crippen LogP contribution in [0.15, 0.2) is 53.3 Å². The van der Waals surface area contributed by atoms with Crippen molar-refractivity contribution in [2.75, 3.05) is 10.6 Å². The van der Waals surface area contributed by atoms with E-state index in [2.05, 4.69) is 25.8 Å². The van der Waals surface area contributed by atoms with E-state index in [1.807, 2.05) is 36.4 Å². The standard InChI is InChI=1S/C15H14ClN5O/c16-13-6-2-1-4-11(13)8-18-15-20-14(10-19-21-15)17-9-12-5-3-7-22-12/h1-7,10H,8-9H2,(H2,17,18,20,21). The molecule has 0 aliphatic carbocycles. The summed E-state index contributed by atoms with van der Waals surface area (Å²) in [6.45, 7) is 1.07. The second-order valence-electron chi connectivity index (χ2n) is 4.54. The van der Waals surface area contributed by atoms with Crippen LogP contribution in [0.1, 0.15) is 11.3 Å². The summed E-state index contributed by atoms with van der Waals surface area (Å²) in [7, 11) is 0. The smallest absolute Gasteiger partial charge is 0.244 e. The first-order valence-electron chi connectivity index (χ1n) is 6.74.